The van der Waals surface area contributed by atoms with Gasteiger partial charge in [-0.3, -0.25) is 14.6 Å². The number of amides is 3. The van der Waals surface area contributed by atoms with Crippen molar-refractivity contribution < 1.29 is 19.1 Å². The number of aromatic nitrogens is 4. The number of H-pyrrole nitrogens is 2. The van der Waals surface area contributed by atoms with E-state index in [1.165, 1.54) is 0 Å². The van der Waals surface area contributed by atoms with Crippen molar-refractivity contribution in [1.29, 1.82) is 0 Å². The number of hydrogen-bond donors (Lipinski definition) is 5. The molecule has 3 aliphatic rings. The summed E-state index contributed by atoms with van der Waals surface area (Å²) in [5.41, 5.74) is 11.2. The number of nitrogens with zero attached hydrogens (tertiary/aromatic N) is 5. The minimum Gasteiger partial charge on any atom is -0.436 e. The first kappa shape index (κ1) is 36.7. The molecule has 54 heavy (non-hydrogen) atoms. The van der Waals surface area contributed by atoms with Crippen LogP contribution in [0.4, 0.5) is 4.79 Å². The number of carbonyl (C=O) groups excluding carboxylic acids is 3. The van der Waals surface area contributed by atoms with Gasteiger partial charge in [0.25, 0.3) is 5.91 Å². The molecular formula is C40H50N10O4. The van der Waals surface area contributed by atoms with E-state index in [4.69, 9.17) is 15.5 Å². The number of imidazole rings is 2. The average Bonchev–Trinajstić information content (AvgIpc) is 4.01. The average molecular weight is 735 g/mol. The van der Waals surface area contributed by atoms with Gasteiger partial charge in [0.15, 0.2) is 12.1 Å². The third-order valence-electron chi connectivity index (χ3n) is 10.6. The number of nitrogens with two attached hydrogens (primary N) is 1. The Labute approximate surface area is 315 Å². The van der Waals surface area contributed by atoms with Crippen molar-refractivity contribution in [3.63, 3.8) is 0 Å². The van der Waals surface area contributed by atoms with Crippen molar-refractivity contribution in [2.75, 3.05) is 26.2 Å². The fourth-order valence-corrected chi connectivity index (χ4v) is 7.71. The predicted molar refractivity (Wildman–Crippen MR) is 206 cm³/mol. The van der Waals surface area contributed by atoms with Gasteiger partial charge >= 0.3 is 6.09 Å². The van der Waals surface area contributed by atoms with Crippen LogP contribution in [0.25, 0.3) is 33.6 Å². The van der Waals surface area contributed by atoms with Crippen molar-refractivity contribution in [2.24, 2.45) is 22.6 Å². The molecule has 7 rings (SSSR count). The van der Waals surface area contributed by atoms with Crippen LogP contribution in [0, 0.1) is 11.8 Å². The molecule has 1 unspecified atom stereocenters. The molecule has 2 aromatic carbocycles. The Bertz CT molecular complexity index is 1980. The zero-order valence-electron chi connectivity index (χ0n) is 31.3. The lowest BCUT2D eigenvalue weighted by Crippen LogP contribution is -2.53. The Hall–Kier alpha value is -5.66. The summed E-state index contributed by atoms with van der Waals surface area (Å²) < 4.78 is 5.18. The number of rotatable bonds is 11. The number of nitrogens with one attached hydrogen (secondary N) is 4. The lowest BCUT2D eigenvalue weighted by atomic mass is 10.0. The topological polar surface area (TPSA) is 187 Å². The van der Waals surface area contributed by atoms with E-state index in [-0.39, 0.29) is 41.8 Å². The Kier molecular flexibility index (Phi) is 10.7. The quantitative estimate of drug-likeness (QED) is 0.140. The zero-order chi connectivity index (χ0) is 37.9. The number of likely N-dealkylation sites (tertiary alicyclic amines) is 2. The molecule has 4 atom stereocenters. The third kappa shape index (κ3) is 7.68. The SMILES string of the molecule is CC(C)[C@H](NC1=NCCN1)C(=O)N1CCCC1c1ncc(-c2ccc(-c3ccc(-c4cnc([C@@H]5CCCN5C(=O)[C@@H](OC(N)=O)C(C)C)[nH]4)cc3)cc2)[nH]1. The number of primary amides is 1. The summed E-state index contributed by atoms with van der Waals surface area (Å²) in [7, 11) is 0. The van der Waals surface area contributed by atoms with Crippen molar-refractivity contribution >= 4 is 23.9 Å². The summed E-state index contributed by atoms with van der Waals surface area (Å²) in [6, 6.07) is 15.9. The van der Waals surface area contributed by atoms with E-state index < -0.39 is 12.2 Å². The predicted octanol–water partition coefficient (Wildman–Crippen LogP) is 5.15. The first-order valence-electron chi connectivity index (χ1n) is 19.0. The number of aliphatic imine (C=N–C) groups is 1. The van der Waals surface area contributed by atoms with E-state index in [1.807, 2.05) is 24.9 Å². The van der Waals surface area contributed by atoms with Gasteiger partial charge in [-0.2, -0.15) is 0 Å². The van der Waals surface area contributed by atoms with Crippen LogP contribution in [0.5, 0.6) is 0 Å². The maximum absolute atomic E-state index is 13.8. The van der Waals surface area contributed by atoms with Crippen LogP contribution < -0.4 is 16.4 Å². The molecule has 5 heterocycles. The Balaban J connectivity index is 0.998. The molecule has 4 aromatic rings. The van der Waals surface area contributed by atoms with Crippen molar-refractivity contribution in [2.45, 2.75) is 77.6 Å². The molecule has 14 nitrogen and oxygen atoms in total. The molecule has 6 N–H and O–H groups in total. The number of carbonyl (C=O) groups is 3. The summed E-state index contributed by atoms with van der Waals surface area (Å²) >= 11 is 0. The van der Waals surface area contributed by atoms with Gasteiger partial charge in [-0.05, 0) is 59.8 Å². The maximum atomic E-state index is 13.8. The first-order chi connectivity index (χ1) is 26.1. The van der Waals surface area contributed by atoms with Crippen LogP contribution in [-0.2, 0) is 14.3 Å². The highest BCUT2D eigenvalue weighted by Gasteiger charge is 2.39. The second-order valence-electron chi connectivity index (χ2n) is 15.0. The summed E-state index contributed by atoms with van der Waals surface area (Å²) in [4.78, 5) is 63.1. The monoisotopic (exact) mass is 734 g/mol. The number of aromatic amines is 2. The van der Waals surface area contributed by atoms with Gasteiger partial charge in [-0.25, -0.2) is 14.8 Å². The van der Waals surface area contributed by atoms with Gasteiger partial charge in [0.1, 0.15) is 17.7 Å². The fourth-order valence-electron chi connectivity index (χ4n) is 7.71. The highest BCUT2D eigenvalue weighted by atomic mass is 16.6. The molecular weight excluding hydrogens is 685 g/mol. The highest BCUT2D eigenvalue weighted by molar-refractivity contribution is 5.90. The molecule has 14 heteroatoms. The summed E-state index contributed by atoms with van der Waals surface area (Å²) in [5.74, 6) is 1.92. The molecule has 2 fully saturated rings. The summed E-state index contributed by atoms with van der Waals surface area (Å²) in [6.07, 6.45) is 5.14. The minimum absolute atomic E-state index is 0.0752. The summed E-state index contributed by atoms with van der Waals surface area (Å²) in [5, 5.41) is 6.56. The van der Waals surface area contributed by atoms with Crippen LogP contribution in [0.2, 0.25) is 0 Å². The normalized spacial score (nSPS) is 19.6. The van der Waals surface area contributed by atoms with E-state index in [9.17, 15) is 14.4 Å². The largest absolute Gasteiger partial charge is 0.436 e. The lowest BCUT2D eigenvalue weighted by Gasteiger charge is -2.30. The Morgan fingerprint density at radius 2 is 1.26 bits per heavy atom. The van der Waals surface area contributed by atoms with Gasteiger partial charge in [-0.1, -0.05) is 76.2 Å². The molecule has 0 aliphatic carbocycles. The molecule has 3 aliphatic heterocycles. The van der Waals surface area contributed by atoms with E-state index in [1.54, 1.807) is 11.1 Å². The zero-order valence-corrected chi connectivity index (χ0v) is 31.3. The second-order valence-corrected chi connectivity index (χ2v) is 15.0. The van der Waals surface area contributed by atoms with E-state index >= 15 is 0 Å². The van der Waals surface area contributed by atoms with E-state index in [0.29, 0.717) is 31.4 Å². The van der Waals surface area contributed by atoms with Gasteiger partial charge in [-0.15, -0.1) is 0 Å². The number of ether oxygens (including phenoxy) is 1. The standard InChI is InChI=1S/C40H50N10O4/c1-23(2)33(48-40-42-17-18-43-40)37(51)49-19-5-7-31(49)35-44-21-29(46-35)27-13-9-25(10-14-27)26-11-15-28(16-12-26)30-22-45-36(47-30)32-8-6-20-50(32)38(52)34(24(3)4)54-39(41)53/h9-16,21-24,31-34H,5-8,17-20H2,1-4H3,(H2,41,53)(H,44,46)(H,45,47)(H2,42,43,48)/t31?,32-,33-,34-/m0/s1. The molecule has 3 amide bonds. The summed E-state index contributed by atoms with van der Waals surface area (Å²) in [6.45, 7) is 10.5. The van der Waals surface area contributed by atoms with Gasteiger partial charge < -0.3 is 40.9 Å². The van der Waals surface area contributed by atoms with Crippen molar-refractivity contribution in [1.82, 2.24) is 40.4 Å². The molecule has 2 aromatic heterocycles. The molecule has 0 bridgehead atoms. The van der Waals surface area contributed by atoms with Gasteiger partial charge in [0, 0.05) is 19.6 Å². The molecule has 0 radical (unpaired) electrons. The minimum atomic E-state index is -0.955. The van der Waals surface area contributed by atoms with Gasteiger partial charge in [0.05, 0.1) is 42.4 Å². The first-order valence-corrected chi connectivity index (χ1v) is 19.0. The Morgan fingerprint density at radius 3 is 1.70 bits per heavy atom. The van der Waals surface area contributed by atoms with Crippen LogP contribution in [0.1, 0.15) is 77.1 Å². The van der Waals surface area contributed by atoms with E-state index in [0.717, 1.165) is 71.7 Å². The third-order valence-corrected chi connectivity index (χ3v) is 10.6. The van der Waals surface area contributed by atoms with Crippen LogP contribution >= 0.6 is 0 Å². The van der Waals surface area contributed by atoms with Crippen LogP contribution in [0.3, 0.4) is 0 Å². The second kappa shape index (κ2) is 15.7. The molecule has 284 valence electrons. The molecule has 2 saturated heterocycles. The highest BCUT2D eigenvalue weighted by Crippen LogP contribution is 2.35. The van der Waals surface area contributed by atoms with Crippen LogP contribution in [0.15, 0.2) is 65.9 Å². The van der Waals surface area contributed by atoms with Crippen molar-refractivity contribution in [3.8, 4) is 33.6 Å². The Morgan fingerprint density at radius 1 is 0.759 bits per heavy atom. The lowest BCUT2D eigenvalue weighted by molar-refractivity contribution is -0.143. The smallest absolute Gasteiger partial charge is 0.405 e. The number of hydrogen-bond acceptors (Lipinski definition) is 9. The fraction of sp³-hybridized carbons (Fsp3) is 0.450. The number of benzene rings is 2. The van der Waals surface area contributed by atoms with Crippen molar-refractivity contribution in [3.05, 3.63) is 72.6 Å². The van der Waals surface area contributed by atoms with E-state index in [2.05, 4.69) is 93.0 Å². The maximum Gasteiger partial charge on any atom is 0.405 e. The van der Waals surface area contributed by atoms with Gasteiger partial charge in [0.2, 0.25) is 5.91 Å². The molecule has 0 saturated carbocycles. The number of guanidine groups is 1. The molecule has 0 spiro atoms. The van der Waals surface area contributed by atoms with Crippen LogP contribution in [-0.4, -0.2) is 91.9 Å².